The lowest BCUT2D eigenvalue weighted by Gasteiger charge is -2.44. The first-order valence-corrected chi connectivity index (χ1v) is 10.9. The van der Waals surface area contributed by atoms with Gasteiger partial charge in [-0.2, -0.15) is 0 Å². The van der Waals surface area contributed by atoms with E-state index in [0.29, 0.717) is 35.0 Å². The molecule has 2 aromatic carbocycles. The normalized spacial score (nSPS) is 18.2. The van der Waals surface area contributed by atoms with Crippen molar-refractivity contribution >= 4 is 34.8 Å². The van der Waals surface area contributed by atoms with Crippen molar-refractivity contribution in [3.05, 3.63) is 81.4 Å². The van der Waals surface area contributed by atoms with Gasteiger partial charge in [-0.05, 0) is 53.4 Å². The third kappa shape index (κ3) is 3.30. The Bertz CT molecular complexity index is 1160. The lowest BCUT2D eigenvalue weighted by Crippen LogP contribution is -2.55. The van der Waals surface area contributed by atoms with Crippen LogP contribution in [0.3, 0.4) is 0 Å². The van der Waals surface area contributed by atoms with Crippen molar-refractivity contribution in [1.29, 1.82) is 0 Å². The van der Waals surface area contributed by atoms with E-state index in [1.807, 2.05) is 30.3 Å². The Morgan fingerprint density at radius 3 is 2.80 bits per heavy atom. The van der Waals surface area contributed by atoms with Crippen LogP contribution in [0, 0.1) is 5.82 Å². The van der Waals surface area contributed by atoms with Gasteiger partial charge in [-0.3, -0.25) is 9.59 Å². The van der Waals surface area contributed by atoms with Crippen molar-refractivity contribution in [2.24, 2.45) is 0 Å². The Balaban J connectivity index is 1.42. The Hall–Kier alpha value is -2.70. The van der Waals surface area contributed by atoms with Gasteiger partial charge in [-0.15, -0.1) is 11.3 Å². The number of halogens is 2. The van der Waals surface area contributed by atoms with E-state index in [2.05, 4.69) is 0 Å². The molecule has 1 atom stereocenters. The number of carbonyl (C=O) groups is 2. The van der Waals surface area contributed by atoms with Crippen molar-refractivity contribution in [3.8, 4) is 10.4 Å². The van der Waals surface area contributed by atoms with Crippen LogP contribution in [-0.2, 0) is 11.2 Å². The molecule has 30 heavy (non-hydrogen) atoms. The van der Waals surface area contributed by atoms with Crippen LogP contribution in [0.5, 0.6) is 0 Å². The van der Waals surface area contributed by atoms with Crippen LogP contribution in [0.25, 0.3) is 10.4 Å². The van der Waals surface area contributed by atoms with Gasteiger partial charge in [-0.25, -0.2) is 4.39 Å². The Morgan fingerprint density at radius 2 is 1.97 bits per heavy atom. The number of rotatable bonds is 2. The Morgan fingerprint density at radius 1 is 1.13 bits per heavy atom. The Kier molecular flexibility index (Phi) is 4.83. The maximum atomic E-state index is 14.2. The molecule has 5 rings (SSSR count). The molecular weight excluding hydrogens is 423 g/mol. The minimum atomic E-state index is -0.304. The molecule has 0 bridgehead atoms. The molecule has 2 aliphatic rings. The monoisotopic (exact) mass is 440 g/mol. The van der Waals surface area contributed by atoms with E-state index in [-0.39, 0.29) is 30.2 Å². The topological polar surface area (TPSA) is 40.6 Å². The van der Waals surface area contributed by atoms with E-state index in [1.165, 1.54) is 17.4 Å². The zero-order valence-corrected chi connectivity index (χ0v) is 17.5. The number of hydrogen-bond acceptors (Lipinski definition) is 3. The highest BCUT2D eigenvalue weighted by atomic mass is 35.5. The van der Waals surface area contributed by atoms with Crippen LogP contribution in [0.1, 0.15) is 26.8 Å². The second-order valence-electron chi connectivity index (χ2n) is 7.52. The summed E-state index contributed by atoms with van der Waals surface area (Å²) in [6, 6.07) is 15.8. The highest BCUT2D eigenvalue weighted by Crippen LogP contribution is 2.36. The molecule has 0 spiro atoms. The molecule has 3 heterocycles. The predicted molar refractivity (Wildman–Crippen MR) is 115 cm³/mol. The molecule has 7 heteroatoms. The van der Waals surface area contributed by atoms with Gasteiger partial charge in [0.25, 0.3) is 5.91 Å². The minimum absolute atomic E-state index is 0.0460. The molecule has 1 fully saturated rings. The third-order valence-corrected chi connectivity index (χ3v) is 7.10. The highest BCUT2D eigenvalue weighted by molar-refractivity contribution is 7.17. The van der Waals surface area contributed by atoms with Crippen LogP contribution in [-0.4, -0.2) is 41.2 Å². The molecule has 0 aliphatic carbocycles. The fourth-order valence-electron chi connectivity index (χ4n) is 4.29. The van der Waals surface area contributed by atoms with Gasteiger partial charge in [0, 0.05) is 23.0 Å². The molecular formula is C23H18ClFN2O2S. The number of fused-ring (bicyclic) bond motifs is 3. The molecule has 2 aliphatic heterocycles. The van der Waals surface area contributed by atoms with E-state index >= 15 is 0 Å². The van der Waals surface area contributed by atoms with Gasteiger partial charge >= 0.3 is 0 Å². The summed E-state index contributed by atoms with van der Waals surface area (Å²) in [5.41, 5.74) is 2.40. The summed E-state index contributed by atoms with van der Waals surface area (Å²) in [4.78, 5) is 30.8. The fourth-order valence-corrected chi connectivity index (χ4v) is 5.45. The van der Waals surface area contributed by atoms with Gasteiger partial charge < -0.3 is 9.80 Å². The van der Waals surface area contributed by atoms with Crippen molar-refractivity contribution in [3.63, 3.8) is 0 Å². The first-order chi connectivity index (χ1) is 14.5. The standard InChI is InChI=1S/C23H18ClFN2O2S/c24-15-4-1-3-14(11-15)20-7-8-21(30-20)23(29)26-12-19-17-5-2-6-18(25)16(17)9-10-27(19)22(28)13-26/h1-8,11,19H,9-10,12-13H2. The maximum absolute atomic E-state index is 14.2. The van der Waals surface area contributed by atoms with Crippen LogP contribution >= 0.6 is 22.9 Å². The van der Waals surface area contributed by atoms with Gasteiger partial charge in [-0.1, -0.05) is 35.9 Å². The molecule has 152 valence electrons. The molecule has 0 radical (unpaired) electrons. The summed E-state index contributed by atoms with van der Waals surface area (Å²) in [7, 11) is 0. The third-order valence-electron chi connectivity index (χ3n) is 5.75. The van der Waals surface area contributed by atoms with E-state index < -0.39 is 0 Å². The highest BCUT2D eigenvalue weighted by Gasteiger charge is 2.39. The minimum Gasteiger partial charge on any atom is -0.332 e. The Labute approximate surface area is 182 Å². The van der Waals surface area contributed by atoms with E-state index in [4.69, 9.17) is 11.6 Å². The number of piperazine rings is 1. The summed E-state index contributed by atoms with van der Waals surface area (Å²) >= 11 is 7.46. The van der Waals surface area contributed by atoms with Crippen molar-refractivity contribution in [2.45, 2.75) is 12.5 Å². The number of thiophene rings is 1. The predicted octanol–water partition coefficient (Wildman–Crippen LogP) is 4.79. The van der Waals surface area contributed by atoms with E-state index in [9.17, 15) is 14.0 Å². The average Bonchev–Trinajstić information content (AvgIpc) is 3.23. The molecule has 4 nitrogen and oxygen atoms in total. The van der Waals surface area contributed by atoms with Crippen LogP contribution in [0.2, 0.25) is 5.02 Å². The quantitative estimate of drug-likeness (QED) is 0.575. The lowest BCUT2D eigenvalue weighted by atomic mass is 9.90. The van der Waals surface area contributed by atoms with Crippen molar-refractivity contribution in [1.82, 2.24) is 9.80 Å². The van der Waals surface area contributed by atoms with Crippen LogP contribution < -0.4 is 0 Å². The summed E-state index contributed by atoms with van der Waals surface area (Å²) < 4.78 is 14.2. The number of amides is 2. The van der Waals surface area contributed by atoms with Crippen LogP contribution in [0.15, 0.2) is 54.6 Å². The molecule has 1 aromatic heterocycles. The van der Waals surface area contributed by atoms with Gasteiger partial charge in [0.2, 0.25) is 5.91 Å². The lowest BCUT2D eigenvalue weighted by molar-refractivity contribution is -0.139. The molecule has 0 saturated carbocycles. The van der Waals surface area contributed by atoms with Gasteiger partial charge in [0.05, 0.1) is 10.9 Å². The first kappa shape index (κ1) is 19.3. The molecule has 1 saturated heterocycles. The fraction of sp³-hybridized carbons (Fsp3) is 0.217. The van der Waals surface area contributed by atoms with Crippen molar-refractivity contribution < 1.29 is 14.0 Å². The smallest absolute Gasteiger partial charge is 0.264 e. The maximum Gasteiger partial charge on any atom is 0.264 e. The summed E-state index contributed by atoms with van der Waals surface area (Å²) in [6.45, 7) is 0.896. The summed E-state index contributed by atoms with van der Waals surface area (Å²) in [5.74, 6) is -0.515. The second-order valence-corrected chi connectivity index (χ2v) is 9.04. The molecule has 0 N–H and O–H groups in total. The zero-order valence-electron chi connectivity index (χ0n) is 16.0. The number of carbonyl (C=O) groups excluding carboxylic acids is 2. The van der Waals surface area contributed by atoms with Crippen LogP contribution in [0.4, 0.5) is 4.39 Å². The molecule has 1 unspecified atom stereocenters. The molecule has 3 aromatic rings. The largest absolute Gasteiger partial charge is 0.332 e. The zero-order chi connectivity index (χ0) is 20.8. The number of hydrogen-bond donors (Lipinski definition) is 0. The van der Waals surface area contributed by atoms with E-state index in [1.54, 1.807) is 28.0 Å². The summed E-state index contributed by atoms with van der Waals surface area (Å²) in [5, 5.41) is 0.638. The van der Waals surface area contributed by atoms with E-state index in [0.717, 1.165) is 16.0 Å². The first-order valence-electron chi connectivity index (χ1n) is 9.73. The number of benzene rings is 2. The van der Waals surface area contributed by atoms with Gasteiger partial charge in [0.15, 0.2) is 0 Å². The average molecular weight is 441 g/mol. The number of nitrogens with zero attached hydrogens (tertiary/aromatic N) is 2. The second kappa shape index (κ2) is 7.52. The SMILES string of the molecule is O=C(c1ccc(-c2cccc(Cl)c2)s1)N1CC(=O)N2CCc3c(F)cccc3C2C1. The molecule has 2 amide bonds. The van der Waals surface area contributed by atoms with Gasteiger partial charge in [0.1, 0.15) is 12.4 Å². The summed E-state index contributed by atoms with van der Waals surface area (Å²) in [6.07, 6.45) is 0.506. The van der Waals surface area contributed by atoms with Crippen molar-refractivity contribution in [2.75, 3.05) is 19.6 Å².